The first kappa shape index (κ1) is 9.72. The Morgan fingerprint density at radius 3 is 2.50 bits per heavy atom. The normalized spacial score (nSPS) is 16.1. The van der Waals surface area contributed by atoms with Crippen LogP contribution in [0.4, 0.5) is 16.5 Å². The second kappa shape index (κ2) is 3.52. The topological polar surface area (TPSA) is 68.2 Å². The highest BCUT2D eigenvalue weighted by Crippen LogP contribution is 2.36. The maximum atomic E-state index is 5.93. The minimum Gasteiger partial charge on any atom is -0.398 e. The molecule has 4 nitrogen and oxygen atoms in total. The minimum atomic E-state index is 0.714. The summed E-state index contributed by atoms with van der Waals surface area (Å²) in [7, 11) is 0. The Kier molecular flexibility index (Phi) is 2.14. The third-order valence-electron chi connectivity index (χ3n) is 2.97. The number of hydrogen-bond acceptors (Lipinski definition) is 5. The number of anilines is 3. The van der Waals surface area contributed by atoms with E-state index in [1.807, 2.05) is 12.1 Å². The number of hydrogen-bond donors (Lipinski definition) is 2. The smallest absolute Gasteiger partial charge is 0.186 e. The van der Waals surface area contributed by atoms with E-state index in [2.05, 4.69) is 9.88 Å². The van der Waals surface area contributed by atoms with Crippen molar-refractivity contribution < 1.29 is 0 Å². The lowest BCUT2D eigenvalue weighted by Crippen LogP contribution is -2.16. The molecule has 0 spiro atoms. The van der Waals surface area contributed by atoms with Gasteiger partial charge < -0.3 is 16.4 Å². The number of aromatic nitrogens is 1. The molecule has 1 saturated heterocycles. The molecular formula is C11H14N4S. The van der Waals surface area contributed by atoms with Crippen LogP contribution in [-0.4, -0.2) is 18.1 Å². The quantitative estimate of drug-likeness (QED) is 0.741. The fraction of sp³-hybridized carbons (Fsp3) is 0.364. The Hall–Kier alpha value is -1.49. The second-order valence-corrected chi connectivity index (χ2v) is 5.09. The highest BCUT2D eigenvalue weighted by molar-refractivity contribution is 7.22. The summed E-state index contributed by atoms with van der Waals surface area (Å²) in [5.41, 5.74) is 14.2. The van der Waals surface area contributed by atoms with E-state index < -0.39 is 0 Å². The van der Waals surface area contributed by atoms with Crippen molar-refractivity contribution in [3.05, 3.63) is 12.1 Å². The molecule has 1 aromatic heterocycles. The van der Waals surface area contributed by atoms with Crippen LogP contribution in [0.5, 0.6) is 0 Å². The van der Waals surface area contributed by atoms with Crippen LogP contribution in [0.15, 0.2) is 12.1 Å². The first-order chi connectivity index (χ1) is 7.75. The summed E-state index contributed by atoms with van der Waals surface area (Å²) in [5.74, 6) is 0. The molecule has 1 aliphatic heterocycles. The molecule has 84 valence electrons. The number of fused-ring (bicyclic) bond motifs is 1. The molecule has 0 radical (unpaired) electrons. The summed E-state index contributed by atoms with van der Waals surface area (Å²) in [6.07, 6.45) is 2.50. The van der Waals surface area contributed by atoms with Crippen LogP contribution in [0.25, 0.3) is 10.2 Å². The van der Waals surface area contributed by atoms with Crippen molar-refractivity contribution in [2.24, 2.45) is 0 Å². The summed E-state index contributed by atoms with van der Waals surface area (Å²) in [6, 6.07) is 3.68. The van der Waals surface area contributed by atoms with Gasteiger partial charge in [-0.25, -0.2) is 4.98 Å². The van der Waals surface area contributed by atoms with Crippen molar-refractivity contribution in [1.29, 1.82) is 0 Å². The van der Waals surface area contributed by atoms with Crippen molar-refractivity contribution in [3.8, 4) is 0 Å². The summed E-state index contributed by atoms with van der Waals surface area (Å²) in [4.78, 5) is 6.90. The van der Waals surface area contributed by atoms with Crippen LogP contribution in [-0.2, 0) is 0 Å². The second-order valence-electron chi connectivity index (χ2n) is 4.11. The van der Waals surface area contributed by atoms with Crippen molar-refractivity contribution in [3.63, 3.8) is 0 Å². The van der Waals surface area contributed by atoms with Gasteiger partial charge in [0, 0.05) is 13.1 Å². The van der Waals surface area contributed by atoms with Gasteiger partial charge in [-0.1, -0.05) is 11.3 Å². The first-order valence-electron chi connectivity index (χ1n) is 5.45. The molecule has 0 atom stereocenters. The molecule has 1 fully saturated rings. The van der Waals surface area contributed by atoms with Crippen LogP contribution in [0, 0.1) is 0 Å². The fourth-order valence-corrected chi connectivity index (χ4v) is 3.16. The molecule has 4 N–H and O–H groups in total. The van der Waals surface area contributed by atoms with Crippen LogP contribution in [0.1, 0.15) is 12.8 Å². The maximum Gasteiger partial charge on any atom is 0.186 e. The maximum absolute atomic E-state index is 5.93. The zero-order valence-corrected chi connectivity index (χ0v) is 9.76. The molecule has 16 heavy (non-hydrogen) atoms. The predicted molar refractivity (Wildman–Crippen MR) is 69.9 cm³/mol. The highest BCUT2D eigenvalue weighted by Gasteiger charge is 2.17. The van der Waals surface area contributed by atoms with Crippen molar-refractivity contribution in [2.75, 3.05) is 29.5 Å². The van der Waals surface area contributed by atoms with Gasteiger partial charge in [0.05, 0.1) is 16.1 Å². The average Bonchev–Trinajstić information content (AvgIpc) is 2.90. The van der Waals surface area contributed by atoms with E-state index in [-0.39, 0.29) is 0 Å². The van der Waals surface area contributed by atoms with Gasteiger partial charge in [0.2, 0.25) is 0 Å². The predicted octanol–water partition coefficient (Wildman–Crippen LogP) is 2.06. The molecule has 0 amide bonds. The van der Waals surface area contributed by atoms with E-state index in [1.54, 1.807) is 11.3 Å². The SMILES string of the molecule is Nc1ccc(N)c2sc(N3CCCC3)nc12. The number of nitrogens with zero attached hydrogens (tertiary/aromatic N) is 2. The van der Waals surface area contributed by atoms with Gasteiger partial charge >= 0.3 is 0 Å². The third-order valence-corrected chi connectivity index (χ3v) is 4.14. The molecule has 0 saturated carbocycles. The molecule has 2 heterocycles. The largest absolute Gasteiger partial charge is 0.398 e. The van der Waals surface area contributed by atoms with Crippen LogP contribution >= 0.6 is 11.3 Å². The number of thiazole rings is 1. The van der Waals surface area contributed by atoms with Gasteiger partial charge in [-0.05, 0) is 25.0 Å². The summed E-state index contributed by atoms with van der Waals surface area (Å²) in [5, 5.41) is 1.05. The van der Waals surface area contributed by atoms with E-state index in [0.29, 0.717) is 5.69 Å². The van der Waals surface area contributed by atoms with E-state index in [9.17, 15) is 0 Å². The van der Waals surface area contributed by atoms with Gasteiger partial charge in [0.1, 0.15) is 5.52 Å². The van der Waals surface area contributed by atoms with E-state index in [1.165, 1.54) is 12.8 Å². The lowest BCUT2D eigenvalue weighted by molar-refractivity contribution is 0.949. The standard InChI is InChI=1S/C11H14N4S/c12-7-3-4-8(13)10-9(7)14-11(16-10)15-5-1-2-6-15/h3-4H,1-2,5-6,12-13H2. The van der Waals surface area contributed by atoms with Gasteiger partial charge in [-0.15, -0.1) is 0 Å². The fourth-order valence-electron chi connectivity index (χ4n) is 2.08. The third kappa shape index (κ3) is 1.39. The lowest BCUT2D eigenvalue weighted by atomic mass is 10.2. The van der Waals surface area contributed by atoms with Gasteiger partial charge in [-0.3, -0.25) is 0 Å². The van der Waals surface area contributed by atoms with E-state index in [0.717, 1.165) is 34.1 Å². The Morgan fingerprint density at radius 2 is 1.81 bits per heavy atom. The Balaban J connectivity index is 2.14. The summed E-state index contributed by atoms with van der Waals surface area (Å²) < 4.78 is 1.02. The zero-order chi connectivity index (χ0) is 11.1. The Morgan fingerprint density at radius 1 is 1.12 bits per heavy atom. The lowest BCUT2D eigenvalue weighted by Gasteiger charge is -2.11. The van der Waals surface area contributed by atoms with Crippen LogP contribution in [0.3, 0.4) is 0 Å². The molecule has 1 aromatic carbocycles. The van der Waals surface area contributed by atoms with E-state index >= 15 is 0 Å². The number of benzene rings is 1. The van der Waals surface area contributed by atoms with Gasteiger partial charge in [0.25, 0.3) is 0 Å². The number of rotatable bonds is 1. The monoisotopic (exact) mass is 234 g/mol. The molecular weight excluding hydrogens is 220 g/mol. The van der Waals surface area contributed by atoms with E-state index in [4.69, 9.17) is 11.5 Å². The Bertz CT molecular complexity index is 489. The number of nitrogens with two attached hydrogens (primary N) is 2. The Labute approximate surface area is 97.9 Å². The van der Waals surface area contributed by atoms with Crippen LogP contribution < -0.4 is 16.4 Å². The van der Waals surface area contributed by atoms with Gasteiger partial charge in [0.15, 0.2) is 5.13 Å². The number of nitrogen functional groups attached to an aromatic ring is 2. The molecule has 1 aliphatic rings. The van der Waals surface area contributed by atoms with Gasteiger partial charge in [-0.2, -0.15) is 0 Å². The highest BCUT2D eigenvalue weighted by atomic mass is 32.1. The molecule has 5 heteroatoms. The van der Waals surface area contributed by atoms with Crippen molar-refractivity contribution in [2.45, 2.75) is 12.8 Å². The first-order valence-corrected chi connectivity index (χ1v) is 6.27. The summed E-state index contributed by atoms with van der Waals surface area (Å²) in [6.45, 7) is 2.19. The molecule has 3 rings (SSSR count). The molecule has 0 unspecified atom stereocenters. The molecule has 0 aliphatic carbocycles. The van der Waals surface area contributed by atoms with Crippen LogP contribution in [0.2, 0.25) is 0 Å². The van der Waals surface area contributed by atoms with Crippen molar-refractivity contribution in [1.82, 2.24) is 4.98 Å². The zero-order valence-electron chi connectivity index (χ0n) is 8.94. The summed E-state index contributed by atoms with van der Waals surface area (Å²) >= 11 is 1.65. The molecule has 0 bridgehead atoms. The van der Waals surface area contributed by atoms with Crippen molar-refractivity contribution >= 4 is 38.1 Å². The average molecular weight is 234 g/mol. The minimum absolute atomic E-state index is 0.714. The molecule has 2 aromatic rings.